The van der Waals surface area contributed by atoms with E-state index in [-0.39, 0.29) is 5.56 Å². The molecule has 0 atom stereocenters. The van der Waals surface area contributed by atoms with Crippen molar-refractivity contribution in [3.63, 3.8) is 0 Å². The third-order valence-corrected chi connectivity index (χ3v) is 5.50. The molecule has 134 valence electrons. The van der Waals surface area contributed by atoms with Crippen molar-refractivity contribution in [3.05, 3.63) is 94.4 Å². The van der Waals surface area contributed by atoms with Gasteiger partial charge in [0.15, 0.2) is 11.6 Å². The number of carbonyl (C=O) groups is 1. The lowest BCUT2D eigenvalue weighted by Gasteiger charge is -2.05. The first kappa shape index (κ1) is 17.4. The molecule has 0 saturated carbocycles. The van der Waals surface area contributed by atoms with Crippen LogP contribution in [0.2, 0.25) is 0 Å². The molecule has 0 aliphatic carbocycles. The zero-order valence-electron chi connectivity index (χ0n) is 14.1. The van der Waals surface area contributed by atoms with Gasteiger partial charge in [0, 0.05) is 21.4 Å². The number of rotatable bonds is 4. The molecule has 0 radical (unpaired) electrons. The van der Waals surface area contributed by atoms with Crippen molar-refractivity contribution in [2.75, 3.05) is 0 Å². The van der Waals surface area contributed by atoms with Crippen LogP contribution in [0.5, 0.6) is 0 Å². The first-order chi connectivity index (χ1) is 13.0. The smallest absolute Gasteiger partial charge is 0.335 e. The van der Waals surface area contributed by atoms with Crippen molar-refractivity contribution < 1.29 is 18.7 Å². The summed E-state index contributed by atoms with van der Waals surface area (Å²) in [5.74, 6) is -2.66. The fourth-order valence-electron chi connectivity index (χ4n) is 3.12. The zero-order valence-corrected chi connectivity index (χ0v) is 14.9. The summed E-state index contributed by atoms with van der Waals surface area (Å²) >= 11 is 1.59. The molecular weight excluding hydrogens is 366 g/mol. The average molecular weight is 380 g/mol. The summed E-state index contributed by atoms with van der Waals surface area (Å²) < 4.78 is 27.6. The Morgan fingerprint density at radius 1 is 0.926 bits per heavy atom. The Bertz CT molecular complexity index is 1160. The molecule has 3 aromatic carbocycles. The second-order valence-corrected chi connectivity index (χ2v) is 7.41. The van der Waals surface area contributed by atoms with Gasteiger partial charge in [-0.05, 0) is 53.1 Å². The van der Waals surface area contributed by atoms with Crippen molar-refractivity contribution in [1.82, 2.24) is 0 Å². The number of hydrogen-bond donors (Lipinski definition) is 1. The van der Waals surface area contributed by atoms with Crippen LogP contribution in [0, 0.1) is 11.6 Å². The normalized spacial score (nSPS) is 11.0. The van der Waals surface area contributed by atoms with Crippen molar-refractivity contribution >= 4 is 27.4 Å². The summed E-state index contributed by atoms with van der Waals surface area (Å²) in [6.07, 6.45) is 0.505. The highest BCUT2D eigenvalue weighted by Crippen LogP contribution is 2.35. The second-order valence-electron chi connectivity index (χ2n) is 6.24. The van der Waals surface area contributed by atoms with Gasteiger partial charge in [-0.3, -0.25) is 0 Å². The van der Waals surface area contributed by atoms with Crippen molar-refractivity contribution in [2.24, 2.45) is 0 Å². The number of hydrogen-bond acceptors (Lipinski definition) is 2. The SMILES string of the molecule is O=C(O)c1cccc(-c2cccc3sc(Cc4ccc(F)c(F)c4)cc23)c1. The van der Waals surface area contributed by atoms with Gasteiger partial charge in [0.25, 0.3) is 0 Å². The fraction of sp³-hybridized carbons (Fsp3) is 0.0455. The summed E-state index contributed by atoms with van der Waals surface area (Å²) in [7, 11) is 0. The van der Waals surface area contributed by atoms with E-state index in [1.165, 1.54) is 6.07 Å². The Hall–Kier alpha value is -3.05. The van der Waals surface area contributed by atoms with Gasteiger partial charge in [-0.2, -0.15) is 0 Å². The molecule has 0 aliphatic heterocycles. The largest absolute Gasteiger partial charge is 0.478 e. The molecule has 4 rings (SSSR count). The molecule has 0 fully saturated rings. The fourth-order valence-corrected chi connectivity index (χ4v) is 4.25. The number of aromatic carboxylic acids is 1. The Kier molecular flexibility index (Phi) is 4.46. The van der Waals surface area contributed by atoms with Crippen LogP contribution in [0.15, 0.2) is 66.7 Å². The average Bonchev–Trinajstić information content (AvgIpc) is 3.07. The Morgan fingerprint density at radius 2 is 1.74 bits per heavy atom. The quantitative estimate of drug-likeness (QED) is 0.462. The topological polar surface area (TPSA) is 37.3 Å². The van der Waals surface area contributed by atoms with Gasteiger partial charge in [0.2, 0.25) is 0 Å². The van der Waals surface area contributed by atoms with E-state index < -0.39 is 17.6 Å². The van der Waals surface area contributed by atoms with Gasteiger partial charge in [0.05, 0.1) is 5.56 Å². The second kappa shape index (κ2) is 6.93. The van der Waals surface area contributed by atoms with Gasteiger partial charge in [-0.25, -0.2) is 13.6 Å². The van der Waals surface area contributed by atoms with E-state index >= 15 is 0 Å². The number of fused-ring (bicyclic) bond motifs is 1. The van der Waals surface area contributed by atoms with E-state index in [9.17, 15) is 18.7 Å². The standard InChI is InChI=1S/C22H14F2O2S/c23-19-8-7-13(10-20(19)24)9-16-12-18-17(5-2-6-21(18)27-16)14-3-1-4-15(11-14)22(25)26/h1-8,10-12H,9H2,(H,25,26). The molecular formula is C22H14F2O2S. The molecule has 0 bridgehead atoms. The highest BCUT2D eigenvalue weighted by atomic mass is 32.1. The number of carboxylic acid groups (broad SMARTS) is 1. The molecule has 2 nitrogen and oxygen atoms in total. The van der Waals surface area contributed by atoms with Crippen LogP contribution >= 0.6 is 11.3 Å². The van der Waals surface area contributed by atoms with Crippen LogP contribution in [0.4, 0.5) is 8.78 Å². The highest BCUT2D eigenvalue weighted by Gasteiger charge is 2.11. The summed E-state index contributed by atoms with van der Waals surface area (Å²) in [5.41, 5.74) is 2.72. The first-order valence-electron chi connectivity index (χ1n) is 8.30. The molecule has 1 N–H and O–H groups in total. The third-order valence-electron chi connectivity index (χ3n) is 4.40. The minimum absolute atomic E-state index is 0.238. The maximum atomic E-state index is 13.5. The van der Waals surface area contributed by atoms with E-state index in [2.05, 4.69) is 0 Å². The van der Waals surface area contributed by atoms with E-state index in [1.807, 2.05) is 30.3 Å². The van der Waals surface area contributed by atoms with E-state index in [0.717, 1.165) is 32.2 Å². The van der Waals surface area contributed by atoms with Crippen molar-refractivity contribution in [1.29, 1.82) is 0 Å². The Balaban J connectivity index is 1.75. The van der Waals surface area contributed by atoms with Gasteiger partial charge in [-0.1, -0.05) is 30.3 Å². The van der Waals surface area contributed by atoms with Crippen LogP contribution in [0.25, 0.3) is 21.2 Å². The van der Waals surface area contributed by atoms with Gasteiger partial charge < -0.3 is 5.11 Å². The molecule has 4 aromatic rings. The number of carboxylic acids is 1. The van der Waals surface area contributed by atoms with Gasteiger partial charge in [-0.15, -0.1) is 11.3 Å². The van der Waals surface area contributed by atoms with Crippen molar-refractivity contribution in [3.8, 4) is 11.1 Å². The molecule has 1 aromatic heterocycles. The number of benzene rings is 3. The Morgan fingerprint density at radius 3 is 2.52 bits per heavy atom. The van der Waals surface area contributed by atoms with Crippen LogP contribution in [0.1, 0.15) is 20.8 Å². The van der Waals surface area contributed by atoms with E-state index in [4.69, 9.17) is 0 Å². The molecule has 1 heterocycles. The van der Waals surface area contributed by atoms with E-state index in [1.54, 1.807) is 35.6 Å². The summed E-state index contributed by atoms with van der Waals surface area (Å²) in [6, 6.07) is 18.7. The maximum Gasteiger partial charge on any atom is 0.335 e. The molecule has 0 spiro atoms. The predicted molar refractivity (Wildman–Crippen MR) is 103 cm³/mol. The molecule has 0 saturated heterocycles. The third kappa shape index (κ3) is 3.46. The van der Waals surface area contributed by atoms with Crippen LogP contribution in [0.3, 0.4) is 0 Å². The van der Waals surface area contributed by atoms with Gasteiger partial charge in [0.1, 0.15) is 0 Å². The summed E-state index contributed by atoms with van der Waals surface area (Å²) in [6.45, 7) is 0. The Labute approximate surface area is 158 Å². The van der Waals surface area contributed by atoms with Crippen LogP contribution < -0.4 is 0 Å². The monoisotopic (exact) mass is 380 g/mol. The van der Waals surface area contributed by atoms with Gasteiger partial charge >= 0.3 is 5.97 Å². The molecule has 0 amide bonds. The zero-order chi connectivity index (χ0) is 19.0. The molecule has 0 aliphatic rings. The summed E-state index contributed by atoms with van der Waals surface area (Å²) in [4.78, 5) is 12.3. The molecule has 27 heavy (non-hydrogen) atoms. The lowest BCUT2D eigenvalue weighted by atomic mass is 9.99. The van der Waals surface area contributed by atoms with E-state index in [0.29, 0.717) is 12.0 Å². The molecule has 5 heteroatoms. The first-order valence-corrected chi connectivity index (χ1v) is 9.12. The van der Waals surface area contributed by atoms with Crippen LogP contribution in [-0.2, 0) is 6.42 Å². The molecule has 0 unspecified atom stereocenters. The lowest BCUT2D eigenvalue weighted by Crippen LogP contribution is -1.95. The van der Waals surface area contributed by atoms with Crippen LogP contribution in [-0.4, -0.2) is 11.1 Å². The lowest BCUT2D eigenvalue weighted by molar-refractivity contribution is 0.0697. The maximum absolute atomic E-state index is 13.5. The predicted octanol–water partition coefficient (Wildman–Crippen LogP) is 6.14. The van der Waals surface area contributed by atoms with Crippen molar-refractivity contribution in [2.45, 2.75) is 6.42 Å². The number of thiophene rings is 1. The minimum atomic E-state index is -0.964. The highest BCUT2D eigenvalue weighted by molar-refractivity contribution is 7.19. The summed E-state index contributed by atoms with van der Waals surface area (Å²) in [5, 5.41) is 10.2. The number of halogens is 2. The minimum Gasteiger partial charge on any atom is -0.478 e.